The Kier molecular flexibility index (Phi) is 8.70. The van der Waals surface area contributed by atoms with Gasteiger partial charge in [-0.1, -0.05) is 60.5 Å². The van der Waals surface area contributed by atoms with Gasteiger partial charge in [0.2, 0.25) is 10.0 Å². The number of aryl methyl sites for hydroxylation is 3. The van der Waals surface area contributed by atoms with Crippen LogP contribution in [0.5, 0.6) is 0 Å². The summed E-state index contributed by atoms with van der Waals surface area (Å²) in [4.78, 5) is 31.6. The van der Waals surface area contributed by atoms with Crippen LogP contribution in [-0.2, 0) is 19.6 Å². The molecule has 0 radical (unpaired) electrons. The summed E-state index contributed by atoms with van der Waals surface area (Å²) in [5.41, 5.74) is 5.45. The van der Waals surface area contributed by atoms with Crippen molar-refractivity contribution in [1.82, 2.24) is 19.1 Å². The van der Waals surface area contributed by atoms with E-state index in [0.717, 1.165) is 36.1 Å². The third kappa shape index (κ3) is 6.29. The van der Waals surface area contributed by atoms with Gasteiger partial charge >= 0.3 is 5.97 Å². The third-order valence-electron chi connectivity index (χ3n) is 8.12. The van der Waals surface area contributed by atoms with Gasteiger partial charge in [0, 0.05) is 24.3 Å². The first-order valence-corrected chi connectivity index (χ1v) is 16.7. The highest BCUT2D eigenvalue weighted by molar-refractivity contribution is 7.89. The summed E-state index contributed by atoms with van der Waals surface area (Å²) in [6.45, 7) is 5.91. The molecule has 1 saturated heterocycles. The van der Waals surface area contributed by atoms with Crippen LogP contribution >= 0.6 is 0 Å². The summed E-state index contributed by atoms with van der Waals surface area (Å²) < 4.78 is 35.4. The molecular weight excluding hydrogens is 602 g/mol. The molecule has 0 saturated carbocycles. The Balaban J connectivity index is 1.26. The Morgan fingerprint density at radius 3 is 2.33 bits per heavy atom. The molecule has 1 fully saturated rings. The molecule has 0 bridgehead atoms. The van der Waals surface area contributed by atoms with Gasteiger partial charge in [-0.2, -0.15) is 9.40 Å². The summed E-state index contributed by atoms with van der Waals surface area (Å²) in [7, 11) is -3.70. The second-order valence-corrected chi connectivity index (χ2v) is 13.4. The first kappa shape index (κ1) is 31.1. The molecule has 236 valence electrons. The minimum Gasteiger partial charge on any atom is -0.452 e. The molecule has 3 aromatic carbocycles. The molecule has 0 atom stereocenters. The van der Waals surface area contributed by atoms with Crippen molar-refractivity contribution in [2.75, 3.05) is 25.0 Å². The molecule has 6 rings (SSSR count). The fraction of sp³-hybridized carbons (Fsp3) is 0.257. The molecule has 1 amide bonds. The number of hydrogen-bond donors (Lipinski definition) is 1. The lowest BCUT2D eigenvalue weighted by atomic mass is 10.1. The van der Waals surface area contributed by atoms with E-state index < -0.39 is 28.5 Å². The Morgan fingerprint density at radius 1 is 0.891 bits per heavy atom. The van der Waals surface area contributed by atoms with E-state index in [9.17, 15) is 18.0 Å². The maximum Gasteiger partial charge on any atom is 0.339 e. The van der Waals surface area contributed by atoms with E-state index in [2.05, 4.69) is 5.32 Å². The lowest BCUT2D eigenvalue weighted by molar-refractivity contribution is -0.119. The zero-order valence-corrected chi connectivity index (χ0v) is 26.8. The van der Waals surface area contributed by atoms with Crippen LogP contribution in [0.25, 0.3) is 28.0 Å². The minimum atomic E-state index is -3.70. The van der Waals surface area contributed by atoms with Crippen LogP contribution in [0.2, 0.25) is 0 Å². The van der Waals surface area contributed by atoms with Crippen LogP contribution in [0.1, 0.15) is 46.4 Å². The van der Waals surface area contributed by atoms with Crippen LogP contribution in [0, 0.1) is 20.8 Å². The van der Waals surface area contributed by atoms with E-state index in [0.29, 0.717) is 46.8 Å². The quantitative estimate of drug-likeness (QED) is 0.208. The van der Waals surface area contributed by atoms with Gasteiger partial charge in [-0.3, -0.25) is 4.79 Å². The SMILES string of the molecule is Cc1ccc(-n2nc(C)c3c(C(=O)OCC(=O)Nc4ccc(C)c(S(=O)(=O)N5CCCCC5)c4)cc(-c4ccccc4)nc32)cc1. The van der Waals surface area contributed by atoms with Gasteiger partial charge in [-0.05, 0) is 69.5 Å². The highest BCUT2D eigenvalue weighted by atomic mass is 32.2. The molecule has 46 heavy (non-hydrogen) atoms. The van der Waals surface area contributed by atoms with E-state index in [1.165, 1.54) is 10.4 Å². The van der Waals surface area contributed by atoms with E-state index in [-0.39, 0.29) is 10.5 Å². The largest absolute Gasteiger partial charge is 0.452 e. The molecule has 0 spiro atoms. The van der Waals surface area contributed by atoms with Crippen molar-refractivity contribution >= 4 is 38.6 Å². The second kappa shape index (κ2) is 12.9. The molecule has 0 aliphatic carbocycles. The summed E-state index contributed by atoms with van der Waals surface area (Å²) in [5.74, 6) is -1.30. The monoisotopic (exact) mass is 637 g/mol. The van der Waals surface area contributed by atoms with Crippen LogP contribution in [0.4, 0.5) is 5.69 Å². The second-order valence-electron chi connectivity index (χ2n) is 11.5. The Hall–Kier alpha value is -4.87. The van der Waals surface area contributed by atoms with Crippen LogP contribution in [-0.4, -0.2) is 59.1 Å². The highest BCUT2D eigenvalue weighted by Crippen LogP contribution is 2.30. The van der Waals surface area contributed by atoms with Gasteiger partial charge in [0.05, 0.1) is 32.9 Å². The smallest absolute Gasteiger partial charge is 0.339 e. The molecule has 2 aromatic heterocycles. The van der Waals surface area contributed by atoms with Crippen molar-refractivity contribution < 1.29 is 22.7 Å². The Labute approximate surface area is 268 Å². The molecule has 1 aliphatic rings. The molecule has 11 heteroatoms. The number of piperidine rings is 1. The highest BCUT2D eigenvalue weighted by Gasteiger charge is 2.28. The number of aromatic nitrogens is 3. The van der Waals surface area contributed by atoms with Crippen LogP contribution in [0.3, 0.4) is 0 Å². The lowest BCUT2D eigenvalue weighted by Crippen LogP contribution is -2.36. The van der Waals surface area contributed by atoms with Crippen LogP contribution < -0.4 is 5.32 Å². The number of hydrogen-bond acceptors (Lipinski definition) is 7. The van der Waals surface area contributed by atoms with Crippen molar-refractivity contribution in [2.45, 2.75) is 44.9 Å². The van der Waals surface area contributed by atoms with Crippen molar-refractivity contribution in [3.63, 3.8) is 0 Å². The molecular formula is C35H35N5O5S. The van der Waals surface area contributed by atoms with E-state index in [1.807, 2.05) is 61.5 Å². The molecule has 1 aliphatic heterocycles. The molecule has 1 N–H and O–H groups in total. The van der Waals surface area contributed by atoms with Gasteiger partial charge in [0.15, 0.2) is 12.3 Å². The maximum atomic E-state index is 13.6. The number of carbonyl (C=O) groups excluding carboxylic acids is 2. The predicted molar refractivity (Wildman–Crippen MR) is 176 cm³/mol. The average molecular weight is 638 g/mol. The van der Waals surface area contributed by atoms with Crippen molar-refractivity contribution in [1.29, 1.82) is 0 Å². The zero-order chi connectivity index (χ0) is 32.4. The maximum absolute atomic E-state index is 13.6. The van der Waals surface area contributed by atoms with Gasteiger partial charge in [-0.25, -0.2) is 22.9 Å². The Bertz CT molecular complexity index is 2030. The topological polar surface area (TPSA) is 123 Å². The van der Waals surface area contributed by atoms with Crippen molar-refractivity contribution in [2.24, 2.45) is 0 Å². The fourth-order valence-electron chi connectivity index (χ4n) is 5.68. The number of benzene rings is 3. The predicted octanol–water partition coefficient (Wildman–Crippen LogP) is 5.98. The zero-order valence-electron chi connectivity index (χ0n) is 26.0. The molecule has 0 unspecified atom stereocenters. The molecule has 3 heterocycles. The number of fused-ring (bicyclic) bond motifs is 1. The number of nitrogens with one attached hydrogen (secondary N) is 1. The van der Waals surface area contributed by atoms with Crippen molar-refractivity contribution in [3.05, 3.63) is 101 Å². The van der Waals surface area contributed by atoms with Gasteiger partial charge in [0.25, 0.3) is 5.91 Å². The number of ether oxygens (including phenoxy) is 1. The number of anilines is 1. The van der Waals surface area contributed by atoms with Crippen molar-refractivity contribution in [3.8, 4) is 16.9 Å². The van der Waals surface area contributed by atoms with Gasteiger partial charge in [-0.15, -0.1) is 0 Å². The number of nitrogens with zero attached hydrogens (tertiary/aromatic N) is 4. The summed E-state index contributed by atoms with van der Waals surface area (Å²) in [6.07, 6.45) is 2.65. The first-order chi connectivity index (χ1) is 22.1. The first-order valence-electron chi connectivity index (χ1n) is 15.2. The average Bonchev–Trinajstić information content (AvgIpc) is 3.41. The van der Waals surface area contributed by atoms with E-state index in [1.54, 1.807) is 36.7 Å². The number of pyridine rings is 1. The third-order valence-corrected chi connectivity index (χ3v) is 10.2. The number of sulfonamides is 1. The number of amides is 1. The van der Waals surface area contributed by atoms with Crippen LogP contribution in [0.15, 0.2) is 83.8 Å². The van der Waals surface area contributed by atoms with E-state index >= 15 is 0 Å². The number of rotatable bonds is 8. The standard InChI is InChI=1S/C35H35N5O5S/c1-23-12-16-28(17-13-23)40-34-33(25(3)38-40)29(21-30(37-34)26-10-6-4-7-11-26)35(42)45-22-32(41)36-27-15-14-24(2)31(20-27)46(43,44)39-18-8-5-9-19-39/h4,6-7,10-17,20-21H,5,8-9,18-19,22H2,1-3H3,(H,36,41). The summed E-state index contributed by atoms with van der Waals surface area (Å²) >= 11 is 0. The molecule has 10 nitrogen and oxygen atoms in total. The van der Waals surface area contributed by atoms with E-state index in [4.69, 9.17) is 14.8 Å². The normalized spacial score (nSPS) is 13.9. The molecule has 5 aromatic rings. The lowest BCUT2D eigenvalue weighted by Gasteiger charge is -2.26. The minimum absolute atomic E-state index is 0.151. The summed E-state index contributed by atoms with van der Waals surface area (Å²) in [5, 5.41) is 7.91. The van der Waals surface area contributed by atoms with Gasteiger partial charge in [0.1, 0.15) is 0 Å². The summed E-state index contributed by atoms with van der Waals surface area (Å²) in [6, 6.07) is 23.7. The number of carbonyl (C=O) groups is 2. The fourth-order valence-corrected chi connectivity index (χ4v) is 7.45. The Morgan fingerprint density at radius 2 is 1.61 bits per heavy atom. The van der Waals surface area contributed by atoms with Gasteiger partial charge < -0.3 is 10.1 Å². The number of esters is 1.